The van der Waals surface area contributed by atoms with Crippen molar-refractivity contribution in [2.45, 2.75) is 40.0 Å². The Morgan fingerprint density at radius 1 is 1.57 bits per heavy atom. The van der Waals surface area contributed by atoms with E-state index in [1.165, 1.54) is 6.92 Å². The molecule has 1 fully saturated rings. The van der Waals surface area contributed by atoms with Gasteiger partial charge in [0.25, 0.3) is 0 Å². The number of carbonyl (C=O) groups is 2. The Balaban J connectivity index is 2.51. The van der Waals surface area contributed by atoms with Crippen LogP contribution in [-0.4, -0.2) is 18.4 Å². The van der Waals surface area contributed by atoms with Crippen molar-refractivity contribution in [3.8, 4) is 0 Å². The number of ketones is 1. The Morgan fingerprint density at radius 2 is 2.21 bits per heavy atom. The van der Waals surface area contributed by atoms with Crippen molar-refractivity contribution in [2.75, 3.05) is 6.61 Å². The van der Waals surface area contributed by atoms with Crippen LogP contribution in [0, 0.1) is 11.3 Å². The van der Waals surface area contributed by atoms with Gasteiger partial charge < -0.3 is 4.74 Å². The monoisotopic (exact) mass is 198 g/mol. The molecule has 0 N–H and O–H groups in total. The summed E-state index contributed by atoms with van der Waals surface area (Å²) in [4.78, 5) is 21.9. The summed E-state index contributed by atoms with van der Waals surface area (Å²) < 4.78 is 5.00. The van der Waals surface area contributed by atoms with Gasteiger partial charge in [-0.15, -0.1) is 0 Å². The van der Waals surface area contributed by atoms with Gasteiger partial charge in [0.1, 0.15) is 5.78 Å². The zero-order valence-electron chi connectivity index (χ0n) is 9.13. The average molecular weight is 198 g/mol. The highest BCUT2D eigenvalue weighted by Gasteiger charge is 2.36. The van der Waals surface area contributed by atoms with E-state index in [0.717, 1.165) is 6.42 Å². The second-order valence-electron chi connectivity index (χ2n) is 4.74. The highest BCUT2D eigenvalue weighted by molar-refractivity contribution is 5.79. The summed E-state index contributed by atoms with van der Waals surface area (Å²) in [7, 11) is 0. The van der Waals surface area contributed by atoms with Crippen molar-refractivity contribution in [2.24, 2.45) is 11.3 Å². The van der Waals surface area contributed by atoms with Crippen LogP contribution >= 0.6 is 0 Å². The molecule has 0 spiro atoms. The fourth-order valence-corrected chi connectivity index (χ4v) is 1.99. The number of carbonyl (C=O) groups excluding carboxylic acids is 2. The Labute approximate surface area is 84.8 Å². The quantitative estimate of drug-likeness (QED) is 0.637. The van der Waals surface area contributed by atoms with Crippen LogP contribution in [0.3, 0.4) is 0 Å². The van der Waals surface area contributed by atoms with Gasteiger partial charge in [-0.05, 0) is 17.8 Å². The molecule has 1 rings (SSSR count). The van der Waals surface area contributed by atoms with E-state index in [1.807, 2.05) is 0 Å². The molecule has 0 amide bonds. The normalized spacial score (nSPS) is 25.9. The number of hydrogen-bond acceptors (Lipinski definition) is 3. The molecule has 0 aromatic heterocycles. The lowest BCUT2D eigenvalue weighted by Gasteiger charge is -2.37. The summed E-state index contributed by atoms with van der Waals surface area (Å²) >= 11 is 0. The van der Waals surface area contributed by atoms with Gasteiger partial charge in [0.05, 0.1) is 6.61 Å². The van der Waals surface area contributed by atoms with Crippen LogP contribution in [0.25, 0.3) is 0 Å². The van der Waals surface area contributed by atoms with Crippen molar-refractivity contribution in [1.29, 1.82) is 0 Å². The van der Waals surface area contributed by atoms with E-state index in [-0.39, 0.29) is 11.4 Å². The summed E-state index contributed by atoms with van der Waals surface area (Å²) in [5.74, 6) is 0.413. The SMILES string of the molecule is CC(=O)OCC1CCC(=O)CC1(C)C. The molecule has 1 aliphatic rings. The molecular weight excluding hydrogens is 180 g/mol. The van der Waals surface area contributed by atoms with Crippen molar-refractivity contribution < 1.29 is 14.3 Å². The number of ether oxygens (including phenoxy) is 1. The third-order valence-corrected chi connectivity index (χ3v) is 3.02. The van der Waals surface area contributed by atoms with Gasteiger partial charge in [-0.1, -0.05) is 13.8 Å². The van der Waals surface area contributed by atoms with Gasteiger partial charge in [0.15, 0.2) is 0 Å². The zero-order chi connectivity index (χ0) is 10.8. The van der Waals surface area contributed by atoms with Gasteiger partial charge in [-0.3, -0.25) is 9.59 Å². The molecule has 0 bridgehead atoms. The van der Waals surface area contributed by atoms with Crippen molar-refractivity contribution in [3.05, 3.63) is 0 Å². The smallest absolute Gasteiger partial charge is 0.302 e. The van der Waals surface area contributed by atoms with Gasteiger partial charge in [-0.25, -0.2) is 0 Å². The number of hydrogen-bond donors (Lipinski definition) is 0. The minimum absolute atomic E-state index is 0.0230. The molecule has 80 valence electrons. The topological polar surface area (TPSA) is 43.4 Å². The molecule has 1 unspecified atom stereocenters. The van der Waals surface area contributed by atoms with E-state index in [9.17, 15) is 9.59 Å². The van der Waals surface area contributed by atoms with Crippen LogP contribution in [0.5, 0.6) is 0 Å². The third kappa shape index (κ3) is 2.82. The number of rotatable bonds is 2. The zero-order valence-corrected chi connectivity index (χ0v) is 9.13. The van der Waals surface area contributed by atoms with E-state index in [4.69, 9.17) is 4.74 Å². The predicted molar refractivity (Wildman–Crippen MR) is 52.8 cm³/mol. The molecular formula is C11H18O3. The van der Waals surface area contributed by atoms with Gasteiger partial charge in [-0.2, -0.15) is 0 Å². The maximum atomic E-state index is 11.3. The van der Waals surface area contributed by atoms with Crippen molar-refractivity contribution in [1.82, 2.24) is 0 Å². The van der Waals surface area contributed by atoms with Gasteiger partial charge in [0.2, 0.25) is 0 Å². The summed E-state index contributed by atoms with van der Waals surface area (Å²) in [6.45, 7) is 6.01. The first-order chi connectivity index (χ1) is 6.42. The Kier molecular flexibility index (Phi) is 3.29. The summed E-state index contributed by atoms with van der Waals surface area (Å²) in [5.41, 5.74) is -0.0230. The number of esters is 1. The highest BCUT2D eigenvalue weighted by atomic mass is 16.5. The van der Waals surface area contributed by atoms with Crippen molar-refractivity contribution in [3.63, 3.8) is 0 Å². The molecule has 1 saturated carbocycles. The van der Waals surface area contributed by atoms with E-state index >= 15 is 0 Å². The number of Topliss-reactive ketones (excluding diaryl/α,β-unsaturated/α-hetero) is 1. The van der Waals surface area contributed by atoms with Crippen LogP contribution in [0.1, 0.15) is 40.0 Å². The molecule has 0 aromatic rings. The van der Waals surface area contributed by atoms with Crippen LogP contribution in [0.4, 0.5) is 0 Å². The summed E-state index contributed by atoms with van der Waals surface area (Å²) in [5, 5.41) is 0. The van der Waals surface area contributed by atoms with E-state index in [0.29, 0.717) is 31.1 Å². The molecule has 3 nitrogen and oxygen atoms in total. The lowest BCUT2D eigenvalue weighted by atomic mass is 9.69. The van der Waals surface area contributed by atoms with Crippen LogP contribution in [0.15, 0.2) is 0 Å². The molecule has 0 aliphatic heterocycles. The molecule has 3 heteroatoms. The minimum atomic E-state index is -0.238. The highest BCUT2D eigenvalue weighted by Crippen LogP contribution is 2.38. The minimum Gasteiger partial charge on any atom is -0.466 e. The van der Waals surface area contributed by atoms with E-state index in [2.05, 4.69) is 13.8 Å². The second kappa shape index (κ2) is 4.11. The molecule has 0 radical (unpaired) electrons. The van der Waals surface area contributed by atoms with E-state index < -0.39 is 0 Å². The third-order valence-electron chi connectivity index (χ3n) is 3.02. The first-order valence-corrected chi connectivity index (χ1v) is 5.07. The summed E-state index contributed by atoms with van der Waals surface area (Å²) in [6, 6.07) is 0. The summed E-state index contributed by atoms with van der Waals surface area (Å²) in [6.07, 6.45) is 2.09. The molecule has 0 saturated heterocycles. The van der Waals surface area contributed by atoms with Gasteiger partial charge >= 0.3 is 5.97 Å². The molecule has 1 atom stereocenters. The van der Waals surface area contributed by atoms with Crippen LogP contribution < -0.4 is 0 Å². The first kappa shape index (κ1) is 11.2. The molecule has 0 heterocycles. The molecule has 1 aliphatic carbocycles. The lowest BCUT2D eigenvalue weighted by molar-refractivity contribution is -0.144. The average Bonchev–Trinajstić information content (AvgIpc) is 2.00. The molecule has 0 aromatic carbocycles. The maximum absolute atomic E-state index is 11.3. The van der Waals surface area contributed by atoms with Crippen LogP contribution in [-0.2, 0) is 14.3 Å². The molecule has 14 heavy (non-hydrogen) atoms. The van der Waals surface area contributed by atoms with Gasteiger partial charge in [0, 0.05) is 19.8 Å². The predicted octanol–water partition coefficient (Wildman–Crippen LogP) is 1.94. The Bertz CT molecular complexity index is 243. The van der Waals surface area contributed by atoms with Crippen LogP contribution in [0.2, 0.25) is 0 Å². The fourth-order valence-electron chi connectivity index (χ4n) is 1.99. The largest absolute Gasteiger partial charge is 0.466 e. The van der Waals surface area contributed by atoms with Crippen molar-refractivity contribution >= 4 is 11.8 Å². The lowest BCUT2D eigenvalue weighted by Crippen LogP contribution is -2.35. The van der Waals surface area contributed by atoms with E-state index in [1.54, 1.807) is 0 Å². The fraction of sp³-hybridized carbons (Fsp3) is 0.818. The second-order valence-corrected chi connectivity index (χ2v) is 4.74. The standard InChI is InChI=1S/C11H18O3/c1-8(12)14-7-9-4-5-10(13)6-11(9,2)3/h9H,4-7H2,1-3H3. The Hall–Kier alpha value is -0.860. The Morgan fingerprint density at radius 3 is 2.71 bits per heavy atom. The maximum Gasteiger partial charge on any atom is 0.302 e. The first-order valence-electron chi connectivity index (χ1n) is 5.07.